The molecule has 0 aliphatic rings. The Balaban J connectivity index is 5.14. The maximum absolute atomic E-state index is 11.7. The van der Waals surface area contributed by atoms with E-state index in [0.29, 0.717) is 6.42 Å². The summed E-state index contributed by atoms with van der Waals surface area (Å²) in [5, 5.41) is 0. The first kappa shape index (κ1) is 16.5. The number of ether oxygens (including phenoxy) is 1. The molecule has 2 nitrogen and oxygen atoms in total. The van der Waals surface area contributed by atoms with Gasteiger partial charge in [-0.05, 0) is 22.7 Å². The number of esters is 1. The van der Waals surface area contributed by atoms with Crippen LogP contribution < -0.4 is 0 Å². The second-order valence-corrected chi connectivity index (χ2v) is 7.29. The van der Waals surface area contributed by atoms with E-state index in [2.05, 4.69) is 48.5 Å². The molecule has 0 aliphatic carbocycles. The first-order valence-corrected chi connectivity index (χ1v) is 6.54. The lowest BCUT2D eigenvalue weighted by atomic mass is 9.58. The van der Waals surface area contributed by atoms with Gasteiger partial charge in [-0.1, -0.05) is 54.9 Å². The molecule has 0 aliphatic heterocycles. The molecule has 0 aromatic heterocycles. The fraction of sp³-hybridized carbons (Fsp3) is 0.933. The molecule has 0 aromatic carbocycles. The van der Waals surface area contributed by atoms with Gasteiger partial charge < -0.3 is 4.74 Å². The molecule has 0 heterocycles. The monoisotopic (exact) mass is 242 g/mol. The Hall–Kier alpha value is -0.530. The summed E-state index contributed by atoms with van der Waals surface area (Å²) >= 11 is 0. The van der Waals surface area contributed by atoms with Gasteiger partial charge in [-0.25, -0.2) is 0 Å². The third-order valence-electron chi connectivity index (χ3n) is 4.20. The molecule has 0 aromatic rings. The first-order valence-electron chi connectivity index (χ1n) is 6.54. The summed E-state index contributed by atoms with van der Waals surface area (Å²) in [5.41, 5.74) is 0.330. The van der Waals surface area contributed by atoms with Crippen molar-refractivity contribution in [3.63, 3.8) is 0 Å². The smallest absolute Gasteiger partial charge is 0.306 e. The number of carbonyl (C=O) groups excluding carboxylic acids is 1. The third kappa shape index (κ3) is 4.69. The Morgan fingerprint density at radius 1 is 1.06 bits per heavy atom. The van der Waals surface area contributed by atoms with Crippen LogP contribution in [0.25, 0.3) is 0 Å². The maximum Gasteiger partial charge on any atom is 0.306 e. The van der Waals surface area contributed by atoms with E-state index in [4.69, 9.17) is 4.74 Å². The largest absolute Gasteiger partial charge is 0.469 e. The molecule has 0 N–H and O–H groups in total. The average Bonchev–Trinajstić information content (AvgIpc) is 2.14. The van der Waals surface area contributed by atoms with E-state index in [1.807, 2.05) is 0 Å². The molecular weight excluding hydrogens is 212 g/mol. The molecule has 0 saturated carbocycles. The normalized spacial score (nSPS) is 16.5. The predicted molar refractivity (Wildman–Crippen MR) is 72.9 cm³/mol. The van der Waals surface area contributed by atoms with E-state index in [-0.39, 0.29) is 22.2 Å². The molecule has 0 fully saturated rings. The van der Waals surface area contributed by atoms with Crippen LogP contribution in [0.4, 0.5) is 0 Å². The zero-order valence-corrected chi connectivity index (χ0v) is 12.9. The molecule has 1 atom stereocenters. The summed E-state index contributed by atoms with van der Waals surface area (Å²) < 4.78 is 4.86. The number of hydrogen-bond donors (Lipinski definition) is 0. The Morgan fingerprint density at radius 3 is 1.82 bits per heavy atom. The van der Waals surface area contributed by atoms with Gasteiger partial charge in [0, 0.05) is 0 Å². The summed E-state index contributed by atoms with van der Waals surface area (Å²) in [6.07, 6.45) is 2.59. The van der Waals surface area contributed by atoms with Crippen LogP contribution in [-0.2, 0) is 9.53 Å². The van der Waals surface area contributed by atoms with E-state index in [9.17, 15) is 4.79 Å². The molecule has 0 amide bonds. The molecule has 0 rings (SSSR count). The van der Waals surface area contributed by atoms with E-state index in [1.165, 1.54) is 7.11 Å². The number of rotatable bonds is 5. The molecule has 1 unspecified atom stereocenters. The SMILES string of the molecule is CCC(C)(C)C(C)(CC(=O)OC)CC(C)(C)C. The lowest BCUT2D eigenvalue weighted by molar-refractivity contribution is -0.146. The van der Waals surface area contributed by atoms with Crippen LogP contribution in [0.1, 0.15) is 67.7 Å². The minimum atomic E-state index is -0.0988. The van der Waals surface area contributed by atoms with Gasteiger partial charge in [0.25, 0.3) is 0 Å². The highest BCUT2D eigenvalue weighted by molar-refractivity contribution is 5.70. The molecule has 0 spiro atoms. The number of carbonyl (C=O) groups is 1. The number of hydrogen-bond acceptors (Lipinski definition) is 2. The van der Waals surface area contributed by atoms with Crippen LogP contribution in [-0.4, -0.2) is 13.1 Å². The highest BCUT2D eigenvalue weighted by Gasteiger charge is 2.43. The van der Waals surface area contributed by atoms with Crippen molar-refractivity contribution in [1.82, 2.24) is 0 Å². The molecule has 17 heavy (non-hydrogen) atoms. The van der Waals surface area contributed by atoms with Crippen LogP contribution in [0.3, 0.4) is 0 Å². The van der Waals surface area contributed by atoms with Gasteiger partial charge in [0.1, 0.15) is 0 Å². The molecule has 2 heteroatoms. The van der Waals surface area contributed by atoms with Gasteiger partial charge in [0.2, 0.25) is 0 Å². The molecule has 102 valence electrons. The van der Waals surface area contributed by atoms with Gasteiger partial charge in [-0.3, -0.25) is 4.79 Å². The van der Waals surface area contributed by atoms with Crippen LogP contribution in [0, 0.1) is 16.2 Å². The summed E-state index contributed by atoms with van der Waals surface area (Å²) in [5.74, 6) is -0.0988. The maximum atomic E-state index is 11.7. The fourth-order valence-electron chi connectivity index (χ4n) is 2.53. The minimum Gasteiger partial charge on any atom is -0.469 e. The van der Waals surface area contributed by atoms with Crippen LogP contribution in [0.5, 0.6) is 0 Å². The zero-order chi connectivity index (χ0) is 13.9. The summed E-state index contributed by atoms with van der Waals surface area (Å²) in [6.45, 7) is 15.6. The lowest BCUT2D eigenvalue weighted by Crippen LogP contribution is -2.40. The van der Waals surface area contributed by atoms with Crippen LogP contribution >= 0.6 is 0 Å². The summed E-state index contributed by atoms with van der Waals surface area (Å²) in [6, 6.07) is 0. The van der Waals surface area contributed by atoms with Gasteiger partial charge in [-0.15, -0.1) is 0 Å². The van der Waals surface area contributed by atoms with E-state index >= 15 is 0 Å². The topological polar surface area (TPSA) is 26.3 Å². The van der Waals surface area contributed by atoms with Crippen molar-refractivity contribution in [1.29, 1.82) is 0 Å². The Kier molecular flexibility index (Phi) is 5.24. The second-order valence-electron chi connectivity index (χ2n) is 7.29. The predicted octanol–water partition coefficient (Wildman–Crippen LogP) is 4.43. The molecule has 0 saturated heterocycles. The summed E-state index contributed by atoms with van der Waals surface area (Å²) in [4.78, 5) is 11.7. The quantitative estimate of drug-likeness (QED) is 0.667. The minimum absolute atomic E-state index is 0.0207. The van der Waals surface area contributed by atoms with Gasteiger partial charge in [0.05, 0.1) is 13.5 Å². The lowest BCUT2D eigenvalue weighted by Gasteiger charge is -2.47. The Morgan fingerprint density at radius 2 is 1.53 bits per heavy atom. The highest BCUT2D eigenvalue weighted by atomic mass is 16.5. The second kappa shape index (κ2) is 5.41. The van der Waals surface area contributed by atoms with E-state index in [1.54, 1.807) is 0 Å². The van der Waals surface area contributed by atoms with E-state index in [0.717, 1.165) is 12.8 Å². The Bertz CT molecular complexity index is 261. The van der Waals surface area contributed by atoms with Crippen LogP contribution in [0.2, 0.25) is 0 Å². The third-order valence-corrected chi connectivity index (χ3v) is 4.20. The van der Waals surface area contributed by atoms with Crippen molar-refractivity contribution in [3.8, 4) is 0 Å². The van der Waals surface area contributed by atoms with Gasteiger partial charge >= 0.3 is 5.97 Å². The Labute approximate surface area is 107 Å². The first-order chi connectivity index (χ1) is 7.47. The van der Waals surface area contributed by atoms with Crippen molar-refractivity contribution in [2.24, 2.45) is 16.2 Å². The molecule has 0 radical (unpaired) electrons. The van der Waals surface area contributed by atoms with E-state index < -0.39 is 0 Å². The fourth-order valence-corrected chi connectivity index (χ4v) is 2.53. The van der Waals surface area contributed by atoms with Crippen molar-refractivity contribution in [2.45, 2.75) is 67.7 Å². The molecular formula is C15H30O2. The van der Waals surface area contributed by atoms with Crippen molar-refractivity contribution in [3.05, 3.63) is 0 Å². The average molecular weight is 242 g/mol. The van der Waals surface area contributed by atoms with Gasteiger partial charge in [-0.2, -0.15) is 0 Å². The standard InChI is InChI=1S/C15H30O2/c1-9-14(5,6)15(7,10-12(16)17-8)11-13(2,3)4/h9-11H2,1-8H3. The number of methoxy groups -OCH3 is 1. The van der Waals surface area contributed by atoms with Crippen molar-refractivity contribution in [2.75, 3.05) is 7.11 Å². The molecule has 0 bridgehead atoms. The van der Waals surface area contributed by atoms with Crippen LogP contribution in [0.15, 0.2) is 0 Å². The highest BCUT2D eigenvalue weighted by Crippen LogP contribution is 2.50. The van der Waals surface area contributed by atoms with Crippen molar-refractivity contribution >= 4 is 5.97 Å². The zero-order valence-electron chi connectivity index (χ0n) is 12.9. The summed E-state index contributed by atoms with van der Waals surface area (Å²) in [7, 11) is 1.47. The van der Waals surface area contributed by atoms with Crippen molar-refractivity contribution < 1.29 is 9.53 Å². The van der Waals surface area contributed by atoms with Gasteiger partial charge in [0.15, 0.2) is 0 Å².